The van der Waals surface area contributed by atoms with E-state index >= 15 is 0 Å². The summed E-state index contributed by atoms with van der Waals surface area (Å²) in [6, 6.07) is 14.9. The summed E-state index contributed by atoms with van der Waals surface area (Å²) in [6.45, 7) is 0.819. The summed E-state index contributed by atoms with van der Waals surface area (Å²) in [6.07, 6.45) is 2.35. The zero-order valence-electron chi connectivity index (χ0n) is 14.6. The molecule has 7 heteroatoms. The Bertz CT molecular complexity index is 1010. The average molecular weight is 381 g/mol. The first-order chi connectivity index (χ1) is 13.2. The van der Waals surface area contributed by atoms with Crippen LogP contribution in [0.1, 0.15) is 16.1 Å². The molecule has 1 aromatic heterocycles. The minimum atomic E-state index is -0.355. The van der Waals surface area contributed by atoms with Gasteiger partial charge in [-0.25, -0.2) is 9.97 Å². The van der Waals surface area contributed by atoms with E-state index in [0.29, 0.717) is 22.3 Å². The predicted molar refractivity (Wildman–Crippen MR) is 105 cm³/mol. The molecule has 3 aromatic rings. The van der Waals surface area contributed by atoms with Gasteiger partial charge in [0.05, 0.1) is 12.8 Å². The first-order valence-electron chi connectivity index (χ1n) is 8.48. The second-order valence-electron chi connectivity index (χ2n) is 6.09. The molecule has 1 N–H and O–H groups in total. The second kappa shape index (κ2) is 7.25. The number of aromatic nitrogens is 2. The lowest BCUT2D eigenvalue weighted by Crippen LogP contribution is -2.18. The first kappa shape index (κ1) is 17.3. The zero-order valence-corrected chi connectivity index (χ0v) is 15.4. The average Bonchev–Trinajstić information content (AvgIpc) is 3.12. The number of rotatable bonds is 4. The Morgan fingerprint density at radius 3 is 2.89 bits per heavy atom. The molecule has 0 bridgehead atoms. The Morgan fingerprint density at radius 2 is 2.04 bits per heavy atom. The number of nitrogens with one attached hydrogen (secondary N) is 1. The number of carbonyl (C=O) groups excluding carboxylic acids is 1. The van der Waals surface area contributed by atoms with Gasteiger partial charge in [0.25, 0.3) is 5.91 Å². The van der Waals surface area contributed by atoms with Gasteiger partial charge in [-0.15, -0.1) is 0 Å². The third-order valence-electron chi connectivity index (χ3n) is 4.46. The first-order valence-corrected chi connectivity index (χ1v) is 8.86. The smallest absolute Gasteiger partial charge is 0.274 e. The highest BCUT2D eigenvalue weighted by molar-refractivity contribution is 6.31. The third-order valence-corrected chi connectivity index (χ3v) is 4.69. The number of anilines is 3. The topological polar surface area (TPSA) is 67.3 Å². The molecule has 1 amide bonds. The molecule has 0 saturated heterocycles. The van der Waals surface area contributed by atoms with Gasteiger partial charge >= 0.3 is 0 Å². The highest BCUT2D eigenvalue weighted by atomic mass is 35.5. The fourth-order valence-corrected chi connectivity index (χ4v) is 3.33. The van der Waals surface area contributed by atoms with E-state index in [2.05, 4.69) is 32.3 Å². The molecular weight excluding hydrogens is 364 g/mol. The number of methoxy groups -OCH3 is 1. The molecule has 1 aliphatic rings. The Kier molecular flexibility index (Phi) is 4.64. The van der Waals surface area contributed by atoms with E-state index in [1.807, 2.05) is 12.1 Å². The fraction of sp³-hybridized carbons (Fsp3) is 0.150. The van der Waals surface area contributed by atoms with Crippen LogP contribution in [0.4, 0.5) is 17.2 Å². The maximum absolute atomic E-state index is 12.7. The number of para-hydroxylation sites is 1. The van der Waals surface area contributed by atoms with Crippen LogP contribution in [0.2, 0.25) is 5.02 Å². The number of halogens is 1. The van der Waals surface area contributed by atoms with Crippen LogP contribution < -0.4 is 15.0 Å². The predicted octanol–water partition coefficient (Wildman–Crippen LogP) is 4.09. The Labute approximate surface area is 161 Å². The molecule has 1 aliphatic heterocycles. The number of carbonyl (C=O) groups is 1. The summed E-state index contributed by atoms with van der Waals surface area (Å²) < 4.78 is 5.27. The quantitative estimate of drug-likeness (QED) is 0.738. The van der Waals surface area contributed by atoms with Crippen LogP contribution in [0.5, 0.6) is 5.75 Å². The monoisotopic (exact) mass is 380 g/mol. The summed E-state index contributed by atoms with van der Waals surface area (Å²) in [5.41, 5.74) is 3.14. The maximum atomic E-state index is 12.7. The maximum Gasteiger partial charge on any atom is 0.274 e. The van der Waals surface area contributed by atoms with Crippen molar-refractivity contribution in [3.63, 3.8) is 0 Å². The van der Waals surface area contributed by atoms with Crippen LogP contribution in [0, 0.1) is 0 Å². The molecule has 6 nitrogen and oxygen atoms in total. The van der Waals surface area contributed by atoms with Crippen LogP contribution in [-0.4, -0.2) is 29.5 Å². The van der Waals surface area contributed by atoms with Crippen molar-refractivity contribution in [2.45, 2.75) is 6.42 Å². The molecule has 0 spiro atoms. The van der Waals surface area contributed by atoms with E-state index in [0.717, 1.165) is 18.7 Å². The van der Waals surface area contributed by atoms with Gasteiger partial charge in [-0.3, -0.25) is 4.79 Å². The number of hydrogen-bond acceptors (Lipinski definition) is 5. The van der Waals surface area contributed by atoms with Crippen LogP contribution in [-0.2, 0) is 6.42 Å². The van der Waals surface area contributed by atoms with Crippen molar-refractivity contribution in [2.24, 2.45) is 0 Å². The van der Waals surface area contributed by atoms with Gasteiger partial charge in [0, 0.05) is 23.3 Å². The van der Waals surface area contributed by atoms with Crippen LogP contribution in [0.3, 0.4) is 0 Å². The molecule has 2 aromatic carbocycles. The van der Waals surface area contributed by atoms with Crippen molar-refractivity contribution in [2.75, 3.05) is 23.9 Å². The molecule has 0 atom stereocenters. The summed E-state index contributed by atoms with van der Waals surface area (Å²) in [4.78, 5) is 23.2. The van der Waals surface area contributed by atoms with Gasteiger partial charge in [0.15, 0.2) is 0 Å². The van der Waals surface area contributed by atoms with Gasteiger partial charge < -0.3 is 15.0 Å². The molecule has 0 unspecified atom stereocenters. The molecule has 0 fully saturated rings. The van der Waals surface area contributed by atoms with E-state index in [1.54, 1.807) is 24.3 Å². The van der Waals surface area contributed by atoms with Crippen LogP contribution >= 0.6 is 11.6 Å². The molecule has 0 saturated carbocycles. The Hall–Kier alpha value is -3.12. The van der Waals surface area contributed by atoms with Gasteiger partial charge in [-0.05, 0) is 36.2 Å². The van der Waals surface area contributed by atoms with Crippen molar-refractivity contribution >= 4 is 34.7 Å². The van der Waals surface area contributed by atoms with E-state index in [4.69, 9.17) is 16.3 Å². The minimum absolute atomic E-state index is 0.270. The van der Waals surface area contributed by atoms with Crippen LogP contribution in [0.25, 0.3) is 0 Å². The lowest BCUT2D eigenvalue weighted by molar-refractivity contribution is 0.102. The van der Waals surface area contributed by atoms with Gasteiger partial charge in [-0.2, -0.15) is 0 Å². The normalized spacial score (nSPS) is 12.6. The number of hydrogen-bond donors (Lipinski definition) is 1. The van der Waals surface area contributed by atoms with Gasteiger partial charge in [-0.1, -0.05) is 29.8 Å². The van der Waals surface area contributed by atoms with Crippen molar-refractivity contribution in [1.82, 2.24) is 9.97 Å². The SMILES string of the molecule is COc1ccc(Cl)cc1NC(=O)c1cc(N2CCc3ccccc32)ncn1. The van der Waals surface area contributed by atoms with Crippen LogP contribution in [0.15, 0.2) is 54.9 Å². The van der Waals surface area contributed by atoms with Gasteiger partial charge in [0.2, 0.25) is 0 Å². The highest BCUT2D eigenvalue weighted by Gasteiger charge is 2.22. The Balaban J connectivity index is 1.60. The molecule has 4 rings (SSSR count). The largest absolute Gasteiger partial charge is 0.495 e. The number of amides is 1. The molecule has 0 radical (unpaired) electrons. The molecular formula is C20H17ClN4O2. The number of nitrogens with zero attached hydrogens (tertiary/aromatic N) is 3. The second-order valence-corrected chi connectivity index (χ2v) is 6.53. The van der Waals surface area contributed by atoms with E-state index < -0.39 is 0 Å². The number of ether oxygens (including phenoxy) is 1. The summed E-state index contributed by atoms with van der Waals surface area (Å²) in [7, 11) is 1.53. The van der Waals surface area contributed by atoms with Crippen molar-refractivity contribution in [3.05, 3.63) is 71.1 Å². The zero-order chi connectivity index (χ0) is 18.8. The number of fused-ring (bicyclic) bond motifs is 1. The highest BCUT2D eigenvalue weighted by Crippen LogP contribution is 2.33. The standard InChI is InChI=1S/C20H17ClN4O2/c1-27-18-7-6-14(21)10-15(18)24-20(26)16-11-19(23-12-22-16)25-9-8-13-4-2-3-5-17(13)25/h2-7,10-12H,8-9H2,1H3,(H,24,26). The summed E-state index contributed by atoms with van der Waals surface area (Å²) >= 11 is 6.02. The summed E-state index contributed by atoms with van der Waals surface area (Å²) in [5, 5.41) is 3.30. The van der Waals surface area contributed by atoms with Crippen molar-refractivity contribution in [1.29, 1.82) is 0 Å². The molecule has 0 aliphatic carbocycles. The lowest BCUT2D eigenvalue weighted by atomic mass is 10.2. The van der Waals surface area contributed by atoms with Crippen molar-refractivity contribution in [3.8, 4) is 5.75 Å². The van der Waals surface area contributed by atoms with E-state index in [-0.39, 0.29) is 11.6 Å². The minimum Gasteiger partial charge on any atom is -0.495 e. The fourth-order valence-electron chi connectivity index (χ4n) is 3.16. The lowest BCUT2D eigenvalue weighted by Gasteiger charge is -2.18. The molecule has 136 valence electrons. The van der Waals surface area contributed by atoms with E-state index in [1.165, 1.54) is 19.0 Å². The molecule has 2 heterocycles. The molecule has 27 heavy (non-hydrogen) atoms. The number of benzene rings is 2. The summed E-state index contributed by atoms with van der Waals surface area (Å²) in [5.74, 6) is 0.861. The Morgan fingerprint density at radius 1 is 1.19 bits per heavy atom. The van der Waals surface area contributed by atoms with Gasteiger partial charge in [0.1, 0.15) is 23.6 Å². The third kappa shape index (κ3) is 3.44. The van der Waals surface area contributed by atoms with Crippen molar-refractivity contribution < 1.29 is 9.53 Å². The van der Waals surface area contributed by atoms with E-state index in [9.17, 15) is 4.79 Å².